The van der Waals surface area contributed by atoms with E-state index in [0.717, 1.165) is 0 Å². The van der Waals surface area contributed by atoms with Gasteiger partial charge >= 0.3 is 0 Å². The molecule has 0 N–H and O–H groups in total. The van der Waals surface area contributed by atoms with E-state index in [0.29, 0.717) is 0 Å². The first-order valence-corrected chi connectivity index (χ1v) is 6.23. The molecule has 0 radical (unpaired) electrons. The molecule has 2 rings (SSSR count). The van der Waals surface area contributed by atoms with Crippen molar-refractivity contribution >= 4 is 23.1 Å². The molecule has 0 spiro atoms. The minimum atomic E-state index is 1.31. The standard InChI is InChI=1S/C11H10S2/c1-12-11-4-2-3-9(7-11)10-5-6-13-8-10/h2-8H,1H3. The third kappa shape index (κ3) is 1.95. The highest BCUT2D eigenvalue weighted by Gasteiger charge is 1.97. The van der Waals surface area contributed by atoms with Crippen molar-refractivity contribution < 1.29 is 0 Å². The summed E-state index contributed by atoms with van der Waals surface area (Å²) in [4.78, 5) is 1.32. The topological polar surface area (TPSA) is 0 Å². The average Bonchev–Trinajstić information content (AvgIpc) is 2.71. The fourth-order valence-corrected chi connectivity index (χ4v) is 2.36. The monoisotopic (exact) mass is 206 g/mol. The summed E-state index contributed by atoms with van der Waals surface area (Å²) >= 11 is 3.52. The summed E-state index contributed by atoms with van der Waals surface area (Å²) in [6, 6.07) is 10.8. The van der Waals surface area contributed by atoms with Crippen LogP contribution in [0.1, 0.15) is 0 Å². The summed E-state index contributed by atoms with van der Waals surface area (Å²) in [6.07, 6.45) is 2.10. The van der Waals surface area contributed by atoms with Crippen LogP contribution in [0, 0.1) is 0 Å². The molecule has 0 amide bonds. The highest BCUT2D eigenvalue weighted by atomic mass is 32.2. The Balaban J connectivity index is 2.41. The summed E-state index contributed by atoms with van der Waals surface area (Å²) in [7, 11) is 0. The predicted molar refractivity (Wildman–Crippen MR) is 61.5 cm³/mol. The number of thiophene rings is 1. The van der Waals surface area contributed by atoms with Crippen molar-refractivity contribution in [1.82, 2.24) is 0 Å². The van der Waals surface area contributed by atoms with Gasteiger partial charge in [0.2, 0.25) is 0 Å². The molecule has 1 heterocycles. The molecule has 0 aliphatic heterocycles. The Morgan fingerprint density at radius 1 is 1.15 bits per heavy atom. The number of benzene rings is 1. The molecule has 0 aliphatic rings. The average molecular weight is 206 g/mol. The van der Waals surface area contributed by atoms with Gasteiger partial charge in [-0.3, -0.25) is 0 Å². The minimum absolute atomic E-state index is 1.31. The van der Waals surface area contributed by atoms with Crippen molar-refractivity contribution in [1.29, 1.82) is 0 Å². The Morgan fingerprint density at radius 2 is 2.08 bits per heavy atom. The molecule has 0 fully saturated rings. The molecule has 1 aromatic carbocycles. The molecule has 0 aliphatic carbocycles. The van der Waals surface area contributed by atoms with E-state index in [1.54, 1.807) is 23.1 Å². The summed E-state index contributed by atoms with van der Waals surface area (Å²) < 4.78 is 0. The number of rotatable bonds is 2. The molecule has 0 bridgehead atoms. The molecule has 0 saturated heterocycles. The second-order valence-corrected chi connectivity index (χ2v) is 4.40. The Kier molecular flexibility index (Phi) is 2.71. The number of hydrogen-bond acceptors (Lipinski definition) is 2. The highest BCUT2D eigenvalue weighted by molar-refractivity contribution is 7.98. The molecular weight excluding hydrogens is 196 g/mol. The smallest absolute Gasteiger partial charge is 0.00753 e. The molecule has 0 saturated carbocycles. The molecule has 0 atom stereocenters. The van der Waals surface area contributed by atoms with Gasteiger partial charge in [0.25, 0.3) is 0 Å². The van der Waals surface area contributed by atoms with E-state index in [-0.39, 0.29) is 0 Å². The largest absolute Gasteiger partial charge is 0.152 e. The maximum atomic E-state index is 2.23. The lowest BCUT2D eigenvalue weighted by Gasteiger charge is -2.00. The molecule has 2 heteroatoms. The summed E-state index contributed by atoms with van der Waals surface area (Å²) in [5, 5.41) is 4.29. The van der Waals surface area contributed by atoms with E-state index < -0.39 is 0 Å². The Hall–Kier alpha value is -0.730. The second-order valence-electron chi connectivity index (χ2n) is 2.74. The lowest BCUT2D eigenvalue weighted by molar-refractivity contribution is 1.47. The molecule has 0 unspecified atom stereocenters. The van der Waals surface area contributed by atoms with Gasteiger partial charge in [-0.25, -0.2) is 0 Å². The van der Waals surface area contributed by atoms with Gasteiger partial charge in [0, 0.05) is 4.90 Å². The zero-order valence-electron chi connectivity index (χ0n) is 7.36. The zero-order valence-corrected chi connectivity index (χ0v) is 8.99. The number of thioether (sulfide) groups is 1. The molecule has 66 valence electrons. The SMILES string of the molecule is CSc1cccc(-c2ccsc2)c1. The Bertz CT molecular complexity index is 377. The van der Waals surface area contributed by atoms with Crippen LogP contribution >= 0.6 is 23.1 Å². The third-order valence-corrected chi connectivity index (χ3v) is 3.33. The van der Waals surface area contributed by atoms with Crippen LogP contribution in [-0.4, -0.2) is 6.26 Å². The molecule has 1 aromatic heterocycles. The minimum Gasteiger partial charge on any atom is -0.152 e. The highest BCUT2D eigenvalue weighted by Crippen LogP contribution is 2.25. The number of hydrogen-bond donors (Lipinski definition) is 0. The van der Waals surface area contributed by atoms with Crippen LogP contribution in [0.25, 0.3) is 11.1 Å². The van der Waals surface area contributed by atoms with E-state index in [2.05, 4.69) is 47.3 Å². The maximum Gasteiger partial charge on any atom is 0.00753 e. The summed E-state index contributed by atoms with van der Waals surface area (Å²) in [6.45, 7) is 0. The molecule has 2 aromatic rings. The van der Waals surface area contributed by atoms with Gasteiger partial charge in [0.05, 0.1) is 0 Å². The van der Waals surface area contributed by atoms with Crippen LogP contribution in [0.3, 0.4) is 0 Å². The van der Waals surface area contributed by atoms with Gasteiger partial charge in [-0.2, -0.15) is 11.3 Å². The normalized spacial score (nSPS) is 10.2. The Morgan fingerprint density at radius 3 is 2.77 bits per heavy atom. The summed E-state index contributed by atoms with van der Waals surface area (Å²) in [5.41, 5.74) is 2.63. The maximum absolute atomic E-state index is 2.23. The Labute approximate surface area is 86.6 Å². The summed E-state index contributed by atoms with van der Waals surface area (Å²) in [5.74, 6) is 0. The van der Waals surface area contributed by atoms with Crippen LogP contribution in [0.5, 0.6) is 0 Å². The van der Waals surface area contributed by atoms with Crippen LogP contribution < -0.4 is 0 Å². The zero-order chi connectivity index (χ0) is 9.10. The second kappa shape index (κ2) is 3.99. The molecule has 13 heavy (non-hydrogen) atoms. The van der Waals surface area contributed by atoms with E-state index in [9.17, 15) is 0 Å². The van der Waals surface area contributed by atoms with E-state index in [4.69, 9.17) is 0 Å². The first-order valence-electron chi connectivity index (χ1n) is 4.07. The van der Waals surface area contributed by atoms with Crippen molar-refractivity contribution in [3.63, 3.8) is 0 Å². The first kappa shape index (κ1) is 8.85. The van der Waals surface area contributed by atoms with Crippen LogP contribution in [-0.2, 0) is 0 Å². The fraction of sp³-hybridized carbons (Fsp3) is 0.0909. The third-order valence-electron chi connectivity index (χ3n) is 1.92. The lowest BCUT2D eigenvalue weighted by atomic mass is 10.1. The molecule has 0 nitrogen and oxygen atoms in total. The van der Waals surface area contributed by atoms with Crippen molar-refractivity contribution in [2.45, 2.75) is 4.90 Å². The van der Waals surface area contributed by atoms with Gasteiger partial charge in [-0.1, -0.05) is 12.1 Å². The van der Waals surface area contributed by atoms with Crippen molar-refractivity contribution in [3.8, 4) is 11.1 Å². The van der Waals surface area contributed by atoms with Crippen molar-refractivity contribution in [3.05, 3.63) is 41.1 Å². The van der Waals surface area contributed by atoms with Gasteiger partial charge in [0.1, 0.15) is 0 Å². The lowest BCUT2D eigenvalue weighted by Crippen LogP contribution is -1.74. The fourth-order valence-electron chi connectivity index (χ4n) is 1.23. The molecular formula is C11H10S2. The van der Waals surface area contributed by atoms with E-state index in [1.165, 1.54) is 16.0 Å². The van der Waals surface area contributed by atoms with Crippen molar-refractivity contribution in [2.75, 3.05) is 6.26 Å². The van der Waals surface area contributed by atoms with Gasteiger partial charge in [0.15, 0.2) is 0 Å². The first-order chi connectivity index (χ1) is 6.40. The van der Waals surface area contributed by atoms with E-state index >= 15 is 0 Å². The van der Waals surface area contributed by atoms with E-state index in [1.807, 2.05) is 0 Å². The van der Waals surface area contributed by atoms with Crippen molar-refractivity contribution in [2.24, 2.45) is 0 Å². The predicted octanol–water partition coefficient (Wildman–Crippen LogP) is 4.14. The van der Waals surface area contributed by atoms with Crippen LogP contribution in [0.4, 0.5) is 0 Å². The van der Waals surface area contributed by atoms with Gasteiger partial charge < -0.3 is 0 Å². The van der Waals surface area contributed by atoms with Crippen LogP contribution in [0.2, 0.25) is 0 Å². The quantitative estimate of drug-likeness (QED) is 0.665. The van der Waals surface area contributed by atoms with Crippen LogP contribution in [0.15, 0.2) is 46.0 Å². The van der Waals surface area contributed by atoms with Gasteiger partial charge in [-0.15, -0.1) is 11.8 Å². The van der Waals surface area contributed by atoms with Gasteiger partial charge in [-0.05, 0) is 46.3 Å².